The zero-order valence-corrected chi connectivity index (χ0v) is 9.42. The third kappa shape index (κ3) is 2.71. The van der Waals surface area contributed by atoms with E-state index in [1.165, 1.54) is 13.2 Å². The Morgan fingerprint density at radius 2 is 2.31 bits per heavy atom. The van der Waals surface area contributed by atoms with E-state index < -0.39 is 0 Å². The van der Waals surface area contributed by atoms with Crippen LogP contribution >= 0.6 is 0 Å². The highest BCUT2D eigenvalue weighted by Gasteiger charge is 2.13. The number of hydrogen-bond donors (Lipinski definition) is 2. The van der Waals surface area contributed by atoms with Crippen molar-refractivity contribution in [1.82, 2.24) is 10.6 Å². The van der Waals surface area contributed by atoms with E-state index >= 15 is 0 Å². The van der Waals surface area contributed by atoms with Crippen LogP contribution in [0.25, 0.3) is 0 Å². The average Bonchev–Trinajstić information content (AvgIpc) is 2.33. The van der Waals surface area contributed by atoms with Crippen LogP contribution in [0.2, 0.25) is 0 Å². The fourth-order valence-corrected chi connectivity index (χ4v) is 1.97. The number of hydrogen-bond acceptors (Lipinski definition) is 3. The van der Waals surface area contributed by atoms with Crippen molar-refractivity contribution in [3.05, 3.63) is 29.6 Å². The van der Waals surface area contributed by atoms with Crippen LogP contribution in [0.3, 0.4) is 0 Å². The Morgan fingerprint density at radius 3 is 3.00 bits per heavy atom. The van der Waals surface area contributed by atoms with E-state index in [2.05, 4.69) is 10.6 Å². The monoisotopic (exact) mass is 224 g/mol. The molecule has 1 aliphatic heterocycles. The molecule has 1 unspecified atom stereocenters. The van der Waals surface area contributed by atoms with Gasteiger partial charge in [0.25, 0.3) is 0 Å². The van der Waals surface area contributed by atoms with E-state index in [-0.39, 0.29) is 5.82 Å². The molecule has 1 saturated heterocycles. The molecule has 0 saturated carbocycles. The molecule has 0 bridgehead atoms. The molecule has 2 N–H and O–H groups in total. The molecule has 0 aromatic heterocycles. The summed E-state index contributed by atoms with van der Waals surface area (Å²) in [4.78, 5) is 0. The summed E-state index contributed by atoms with van der Waals surface area (Å²) in [5.41, 5.74) is 1.10. The lowest BCUT2D eigenvalue weighted by atomic mass is 10.0. The van der Waals surface area contributed by atoms with Crippen LogP contribution in [0.5, 0.6) is 5.75 Å². The van der Waals surface area contributed by atoms with Crippen molar-refractivity contribution in [2.24, 2.45) is 0 Å². The molecule has 16 heavy (non-hydrogen) atoms. The first-order chi connectivity index (χ1) is 7.79. The molecule has 0 spiro atoms. The van der Waals surface area contributed by atoms with Crippen LogP contribution in [-0.4, -0.2) is 32.8 Å². The third-order valence-electron chi connectivity index (χ3n) is 2.82. The van der Waals surface area contributed by atoms with Crippen LogP contribution in [0.1, 0.15) is 5.56 Å². The fourth-order valence-electron chi connectivity index (χ4n) is 1.97. The second kappa shape index (κ2) is 5.27. The molecule has 4 heteroatoms. The van der Waals surface area contributed by atoms with Crippen LogP contribution in [0.4, 0.5) is 4.39 Å². The van der Waals surface area contributed by atoms with Crippen molar-refractivity contribution < 1.29 is 9.13 Å². The summed E-state index contributed by atoms with van der Waals surface area (Å²) in [5, 5.41) is 6.75. The summed E-state index contributed by atoms with van der Waals surface area (Å²) in [6, 6.07) is 5.47. The van der Waals surface area contributed by atoms with Crippen LogP contribution in [-0.2, 0) is 6.42 Å². The van der Waals surface area contributed by atoms with Crippen molar-refractivity contribution in [3.8, 4) is 5.75 Å². The standard InChI is InChI=1S/C12H17FN2O/c1-16-12-7-9(2-3-11(12)13)6-10-8-14-4-5-15-10/h2-3,7,10,14-15H,4-6,8H2,1H3. The lowest BCUT2D eigenvalue weighted by Gasteiger charge is -2.24. The van der Waals surface area contributed by atoms with E-state index in [1.807, 2.05) is 6.07 Å². The first-order valence-electron chi connectivity index (χ1n) is 5.56. The first-order valence-corrected chi connectivity index (χ1v) is 5.56. The largest absolute Gasteiger partial charge is 0.494 e. The maximum Gasteiger partial charge on any atom is 0.165 e. The van der Waals surface area contributed by atoms with E-state index in [1.54, 1.807) is 6.07 Å². The van der Waals surface area contributed by atoms with Gasteiger partial charge in [-0.3, -0.25) is 0 Å². The molecule has 1 aromatic rings. The Labute approximate surface area is 95.0 Å². The van der Waals surface area contributed by atoms with Gasteiger partial charge in [-0.1, -0.05) is 6.07 Å². The number of benzene rings is 1. The van der Waals surface area contributed by atoms with Gasteiger partial charge in [0.2, 0.25) is 0 Å². The molecule has 1 fully saturated rings. The molecule has 1 heterocycles. The normalized spacial score (nSPS) is 20.8. The van der Waals surface area contributed by atoms with Gasteiger partial charge in [-0.05, 0) is 24.1 Å². The molecule has 88 valence electrons. The summed E-state index contributed by atoms with van der Waals surface area (Å²) in [6.45, 7) is 2.96. The van der Waals surface area contributed by atoms with E-state index in [0.29, 0.717) is 11.8 Å². The minimum Gasteiger partial charge on any atom is -0.494 e. The van der Waals surface area contributed by atoms with Crippen molar-refractivity contribution in [2.45, 2.75) is 12.5 Å². The van der Waals surface area contributed by atoms with Crippen molar-refractivity contribution >= 4 is 0 Å². The second-order valence-electron chi connectivity index (χ2n) is 4.03. The summed E-state index contributed by atoms with van der Waals surface area (Å²) in [6.07, 6.45) is 0.893. The Balaban J connectivity index is 2.03. The van der Waals surface area contributed by atoms with Gasteiger partial charge in [-0.2, -0.15) is 0 Å². The maximum atomic E-state index is 13.2. The van der Waals surface area contributed by atoms with Gasteiger partial charge in [0.1, 0.15) is 0 Å². The van der Waals surface area contributed by atoms with Crippen LogP contribution in [0, 0.1) is 5.82 Å². The van der Waals surface area contributed by atoms with E-state index in [4.69, 9.17) is 4.74 Å². The summed E-state index contributed by atoms with van der Waals surface area (Å²) >= 11 is 0. The van der Waals surface area contributed by atoms with Gasteiger partial charge < -0.3 is 15.4 Å². The van der Waals surface area contributed by atoms with Crippen LogP contribution < -0.4 is 15.4 Å². The second-order valence-corrected chi connectivity index (χ2v) is 4.03. The lowest BCUT2D eigenvalue weighted by molar-refractivity contribution is 0.384. The molecule has 1 aliphatic rings. The summed E-state index contributed by atoms with van der Waals surface area (Å²) in [7, 11) is 1.49. The molecule has 0 amide bonds. The van der Waals surface area contributed by atoms with Crippen LogP contribution in [0.15, 0.2) is 18.2 Å². The fraction of sp³-hybridized carbons (Fsp3) is 0.500. The Bertz CT molecular complexity index is 351. The minimum absolute atomic E-state index is 0.305. The Morgan fingerprint density at radius 1 is 1.44 bits per heavy atom. The molecular formula is C12H17FN2O. The number of nitrogens with one attached hydrogen (secondary N) is 2. The highest BCUT2D eigenvalue weighted by molar-refractivity contribution is 5.30. The van der Waals surface area contributed by atoms with Gasteiger partial charge in [0.15, 0.2) is 11.6 Å². The predicted octanol–water partition coefficient (Wildman–Crippen LogP) is 0.938. The lowest BCUT2D eigenvalue weighted by Crippen LogP contribution is -2.49. The van der Waals surface area contributed by atoms with Gasteiger partial charge in [-0.15, -0.1) is 0 Å². The molecule has 2 rings (SSSR count). The SMILES string of the molecule is COc1cc(CC2CNCCN2)ccc1F. The van der Waals surface area contributed by atoms with E-state index in [0.717, 1.165) is 31.6 Å². The van der Waals surface area contributed by atoms with Crippen molar-refractivity contribution in [3.63, 3.8) is 0 Å². The molecule has 0 radical (unpaired) electrons. The molecule has 1 atom stereocenters. The first kappa shape index (κ1) is 11.4. The number of methoxy groups -OCH3 is 1. The molecule has 0 aliphatic carbocycles. The average molecular weight is 224 g/mol. The maximum absolute atomic E-state index is 13.2. The number of ether oxygens (including phenoxy) is 1. The summed E-state index contributed by atoms with van der Waals surface area (Å²) in [5.74, 6) is 0.0160. The highest BCUT2D eigenvalue weighted by Crippen LogP contribution is 2.19. The van der Waals surface area contributed by atoms with Gasteiger partial charge in [-0.25, -0.2) is 4.39 Å². The quantitative estimate of drug-likeness (QED) is 0.801. The molecular weight excluding hydrogens is 207 g/mol. The topological polar surface area (TPSA) is 33.3 Å². The Kier molecular flexibility index (Phi) is 3.74. The zero-order valence-electron chi connectivity index (χ0n) is 9.42. The van der Waals surface area contributed by atoms with Crippen molar-refractivity contribution in [1.29, 1.82) is 0 Å². The molecule has 3 nitrogen and oxygen atoms in total. The Hall–Kier alpha value is -1.13. The third-order valence-corrected chi connectivity index (χ3v) is 2.82. The number of halogens is 1. The zero-order chi connectivity index (χ0) is 11.4. The summed E-state index contributed by atoms with van der Waals surface area (Å²) < 4.78 is 18.2. The number of rotatable bonds is 3. The van der Waals surface area contributed by atoms with Gasteiger partial charge in [0, 0.05) is 25.7 Å². The number of piperazine rings is 1. The highest BCUT2D eigenvalue weighted by atomic mass is 19.1. The minimum atomic E-state index is -0.305. The van der Waals surface area contributed by atoms with Gasteiger partial charge >= 0.3 is 0 Å². The van der Waals surface area contributed by atoms with Crippen molar-refractivity contribution in [2.75, 3.05) is 26.7 Å². The van der Waals surface area contributed by atoms with Gasteiger partial charge in [0.05, 0.1) is 7.11 Å². The molecule has 1 aromatic carbocycles. The predicted molar refractivity (Wildman–Crippen MR) is 61.3 cm³/mol. The van der Waals surface area contributed by atoms with E-state index in [9.17, 15) is 4.39 Å². The smallest absolute Gasteiger partial charge is 0.165 e.